The molecule has 0 atom stereocenters. The van der Waals surface area contributed by atoms with Gasteiger partial charge in [0.05, 0.1) is 11.3 Å². The second-order valence-corrected chi connectivity index (χ2v) is 6.11. The summed E-state index contributed by atoms with van der Waals surface area (Å²) in [6, 6.07) is 10.2. The predicted octanol–water partition coefficient (Wildman–Crippen LogP) is 5.20. The van der Waals surface area contributed by atoms with Crippen molar-refractivity contribution in [2.24, 2.45) is 0 Å². The van der Waals surface area contributed by atoms with Crippen LogP contribution in [0.1, 0.15) is 11.1 Å². The minimum atomic E-state index is -4.61. The molecular formula is C18H15ClF3N3O. The monoisotopic (exact) mass is 381 g/mol. The van der Waals surface area contributed by atoms with Crippen LogP contribution in [0.2, 0.25) is 5.02 Å². The number of rotatable bonds is 4. The number of benzene rings is 2. The molecular weight excluding hydrogens is 367 g/mol. The van der Waals surface area contributed by atoms with E-state index in [4.69, 9.17) is 11.6 Å². The summed E-state index contributed by atoms with van der Waals surface area (Å²) >= 11 is 5.62. The number of fused-ring (bicyclic) bond motifs is 1. The Morgan fingerprint density at radius 2 is 1.92 bits per heavy atom. The number of carbonyl (C=O) groups excluding carboxylic acids is 1. The fourth-order valence-corrected chi connectivity index (χ4v) is 2.85. The van der Waals surface area contributed by atoms with Crippen molar-refractivity contribution in [3.05, 3.63) is 64.8 Å². The molecule has 2 amide bonds. The maximum absolute atomic E-state index is 13.0. The zero-order valence-corrected chi connectivity index (χ0v) is 14.2. The second-order valence-electron chi connectivity index (χ2n) is 5.68. The Balaban J connectivity index is 1.61. The molecule has 136 valence electrons. The minimum absolute atomic E-state index is 0.0531. The van der Waals surface area contributed by atoms with E-state index in [2.05, 4.69) is 15.6 Å². The van der Waals surface area contributed by atoms with Crippen LogP contribution in [0.25, 0.3) is 10.9 Å². The van der Waals surface area contributed by atoms with E-state index in [9.17, 15) is 18.0 Å². The van der Waals surface area contributed by atoms with Crippen molar-refractivity contribution >= 4 is 34.2 Å². The Kier molecular flexibility index (Phi) is 5.08. The summed E-state index contributed by atoms with van der Waals surface area (Å²) in [6.45, 7) is 0.280. The first-order chi connectivity index (χ1) is 12.3. The number of urea groups is 1. The minimum Gasteiger partial charge on any atom is -0.361 e. The lowest BCUT2D eigenvalue weighted by Crippen LogP contribution is -2.31. The van der Waals surface area contributed by atoms with Gasteiger partial charge in [0.15, 0.2) is 0 Å². The number of para-hydroxylation sites is 1. The van der Waals surface area contributed by atoms with Crippen molar-refractivity contribution in [2.75, 3.05) is 11.9 Å². The van der Waals surface area contributed by atoms with Crippen molar-refractivity contribution in [1.29, 1.82) is 0 Å². The zero-order chi connectivity index (χ0) is 18.7. The molecule has 0 bridgehead atoms. The lowest BCUT2D eigenvalue weighted by Gasteiger charge is -2.14. The van der Waals surface area contributed by atoms with Crippen LogP contribution >= 0.6 is 11.6 Å². The van der Waals surface area contributed by atoms with Gasteiger partial charge in [-0.3, -0.25) is 0 Å². The van der Waals surface area contributed by atoms with E-state index >= 15 is 0 Å². The molecule has 0 aliphatic rings. The molecule has 26 heavy (non-hydrogen) atoms. The van der Waals surface area contributed by atoms with Crippen LogP contribution in [0.15, 0.2) is 48.7 Å². The van der Waals surface area contributed by atoms with Gasteiger partial charge < -0.3 is 15.6 Å². The largest absolute Gasteiger partial charge is 0.418 e. The van der Waals surface area contributed by atoms with Crippen LogP contribution < -0.4 is 10.6 Å². The number of amides is 2. The normalized spacial score (nSPS) is 11.5. The molecule has 3 aromatic rings. The molecule has 3 N–H and O–H groups in total. The molecule has 0 aliphatic carbocycles. The van der Waals surface area contributed by atoms with E-state index in [1.807, 2.05) is 30.5 Å². The van der Waals surface area contributed by atoms with Gasteiger partial charge in [0.2, 0.25) is 0 Å². The highest BCUT2D eigenvalue weighted by Gasteiger charge is 2.34. The predicted molar refractivity (Wildman–Crippen MR) is 95.5 cm³/mol. The third kappa shape index (κ3) is 4.11. The molecule has 0 aliphatic heterocycles. The molecule has 0 fully saturated rings. The Bertz CT molecular complexity index is 937. The van der Waals surface area contributed by atoms with Gasteiger partial charge in [0.25, 0.3) is 0 Å². The van der Waals surface area contributed by atoms with Crippen LogP contribution in [-0.4, -0.2) is 17.6 Å². The van der Waals surface area contributed by atoms with Gasteiger partial charge in [-0.05, 0) is 36.2 Å². The number of aromatic amines is 1. The lowest BCUT2D eigenvalue weighted by atomic mass is 10.1. The number of anilines is 1. The first-order valence-corrected chi connectivity index (χ1v) is 8.19. The molecule has 0 unspecified atom stereocenters. The van der Waals surface area contributed by atoms with E-state index < -0.39 is 17.8 Å². The maximum Gasteiger partial charge on any atom is 0.418 e. The van der Waals surface area contributed by atoms with Crippen molar-refractivity contribution in [1.82, 2.24) is 10.3 Å². The van der Waals surface area contributed by atoms with Crippen molar-refractivity contribution in [3.8, 4) is 0 Å². The number of halogens is 4. The Hall–Kier alpha value is -2.67. The van der Waals surface area contributed by atoms with Gasteiger partial charge in [0, 0.05) is 28.7 Å². The number of H-pyrrole nitrogens is 1. The van der Waals surface area contributed by atoms with Crippen molar-refractivity contribution in [2.45, 2.75) is 12.6 Å². The summed E-state index contributed by atoms with van der Waals surface area (Å²) in [4.78, 5) is 15.1. The molecule has 3 rings (SSSR count). The van der Waals surface area contributed by atoms with Gasteiger partial charge in [-0.15, -0.1) is 0 Å². The Morgan fingerprint density at radius 1 is 1.15 bits per heavy atom. The molecule has 1 heterocycles. The Labute approximate surface area is 152 Å². The first kappa shape index (κ1) is 18.1. The molecule has 2 aromatic carbocycles. The van der Waals surface area contributed by atoms with Crippen molar-refractivity contribution in [3.63, 3.8) is 0 Å². The highest BCUT2D eigenvalue weighted by molar-refractivity contribution is 6.30. The fraction of sp³-hybridized carbons (Fsp3) is 0.167. The number of alkyl halides is 3. The average Bonchev–Trinajstić information content (AvgIpc) is 2.99. The quantitative estimate of drug-likeness (QED) is 0.571. The number of nitrogens with one attached hydrogen (secondary N) is 3. The average molecular weight is 382 g/mol. The molecule has 4 nitrogen and oxygen atoms in total. The summed E-state index contributed by atoms with van der Waals surface area (Å²) in [5, 5.41) is 5.78. The van der Waals surface area contributed by atoms with Crippen molar-refractivity contribution < 1.29 is 18.0 Å². The van der Waals surface area contributed by atoms with Crippen LogP contribution in [-0.2, 0) is 12.6 Å². The van der Waals surface area contributed by atoms with E-state index in [1.165, 1.54) is 6.07 Å². The molecule has 0 spiro atoms. The maximum atomic E-state index is 13.0. The molecule has 0 radical (unpaired) electrons. The SMILES string of the molecule is O=C(NCCc1c[nH]c2ccccc12)Nc1ccc(Cl)cc1C(F)(F)F. The highest BCUT2D eigenvalue weighted by atomic mass is 35.5. The number of carbonyl (C=O) groups is 1. The first-order valence-electron chi connectivity index (χ1n) is 7.81. The van der Waals surface area contributed by atoms with Crippen LogP contribution in [0.5, 0.6) is 0 Å². The van der Waals surface area contributed by atoms with E-state index in [-0.39, 0.29) is 17.3 Å². The van der Waals surface area contributed by atoms with Crippen LogP contribution in [0.4, 0.5) is 23.7 Å². The molecule has 8 heteroatoms. The second kappa shape index (κ2) is 7.29. The number of hydrogen-bond donors (Lipinski definition) is 3. The van der Waals surface area contributed by atoms with Gasteiger partial charge >= 0.3 is 12.2 Å². The van der Waals surface area contributed by atoms with Gasteiger partial charge in [-0.1, -0.05) is 29.8 Å². The zero-order valence-electron chi connectivity index (χ0n) is 13.5. The smallest absolute Gasteiger partial charge is 0.361 e. The van der Waals surface area contributed by atoms with Gasteiger partial charge in [0.1, 0.15) is 0 Å². The topological polar surface area (TPSA) is 56.9 Å². The van der Waals surface area contributed by atoms with Gasteiger partial charge in [-0.25, -0.2) is 4.79 Å². The number of hydrogen-bond acceptors (Lipinski definition) is 1. The van der Waals surface area contributed by atoms with E-state index in [0.29, 0.717) is 6.42 Å². The van der Waals surface area contributed by atoms with Gasteiger partial charge in [-0.2, -0.15) is 13.2 Å². The lowest BCUT2D eigenvalue weighted by molar-refractivity contribution is -0.136. The van der Waals surface area contributed by atoms with E-state index in [1.54, 1.807) is 0 Å². The highest BCUT2D eigenvalue weighted by Crippen LogP contribution is 2.36. The summed E-state index contributed by atoms with van der Waals surface area (Å²) < 4.78 is 39.1. The molecule has 0 saturated heterocycles. The van der Waals surface area contributed by atoms with E-state index in [0.717, 1.165) is 28.6 Å². The number of aromatic nitrogens is 1. The fourth-order valence-electron chi connectivity index (χ4n) is 2.68. The third-order valence-electron chi connectivity index (χ3n) is 3.89. The summed E-state index contributed by atoms with van der Waals surface area (Å²) in [5.41, 5.74) is 0.676. The third-order valence-corrected chi connectivity index (χ3v) is 4.13. The molecule has 0 saturated carbocycles. The standard InChI is InChI=1S/C18H15ClF3N3O/c19-12-5-6-16(14(9-12)18(20,21)22)25-17(26)23-8-7-11-10-24-15-4-2-1-3-13(11)15/h1-6,9-10,24H,7-8H2,(H2,23,25,26). The summed E-state index contributed by atoms with van der Waals surface area (Å²) in [6.07, 6.45) is -2.22. The molecule has 1 aromatic heterocycles. The Morgan fingerprint density at radius 3 is 2.69 bits per heavy atom. The summed E-state index contributed by atoms with van der Waals surface area (Å²) in [5.74, 6) is 0. The summed E-state index contributed by atoms with van der Waals surface area (Å²) in [7, 11) is 0. The van der Waals surface area contributed by atoms with Crippen LogP contribution in [0.3, 0.4) is 0 Å². The van der Waals surface area contributed by atoms with Crippen LogP contribution in [0, 0.1) is 0 Å².